The van der Waals surface area contributed by atoms with Gasteiger partial charge in [0.2, 0.25) is 0 Å². The molecule has 0 aliphatic heterocycles. The van der Waals surface area contributed by atoms with Crippen molar-refractivity contribution in [1.82, 2.24) is 5.32 Å². The molecule has 0 bridgehead atoms. The fraction of sp³-hybridized carbons (Fsp3) is 0.533. The van der Waals surface area contributed by atoms with Crippen molar-refractivity contribution < 1.29 is 9.90 Å². The standard InChI is InChI=1S/C7H5BrO2S.C4H11N.C4H10/c8-5-2-1-4(7(9)10)3-6(5)11;1-3-5-4-2;1-3-4-2/h1-3,11H,(H,9,10);5H,3-4H2,1-2H3;3-4H2,1-2H3. The second-order valence-corrected chi connectivity index (χ2v) is 5.26. The molecule has 5 heteroatoms. The maximum atomic E-state index is 10.4. The number of hydrogen-bond acceptors (Lipinski definition) is 3. The fourth-order valence-corrected chi connectivity index (χ4v) is 1.36. The van der Waals surface area contributed by atoms with Crippen molar-refractivity contribution in [2.75, 3.05) is 13.1 Å². The molecule has 0 aliphatic rings. The maximum absolute atomic E-state index is 10.4. The van der Waals surface area contributed by atoms with Crippen LogP contribution in [0.5, 0.6) is 0 Å². The lowest BCUT2D eigenvalue weighted by Gasteiger charge is -1.97. The molecule has 0 fully saturated rings. The number of nitrogens with one attached hydrogen (secondary N) is 1. The Morgan fingerprint density at radius 2 is 1.70 bits per heavy atom. The lowest BCUT2D eigenvalue weighted by Crippen LogP contribution is -2.09. The van der Waals surface area contributed by atoms with Crippen molar-refractivity contribution in [3.8, 4) is 0 Å². The van der Waals surface area contributed by atoms with Gasteiger partial charge in [-0.05, 0) is 47.2 Å². The zero-order chi connectivity index (χ0) is 16.0. The van der Waals surface area contributed by atoms with Crippen LogP contribution in [0, 0.1) is 0 Å². The van der Waals surface area contributed by atoms with E-state index in [1.165, 1.54) is 25.0 Å². The molecule has 1 aromatic rings. The quantitative estimate of drug-likeness (QED) is 0.669. The van der Waals surface area contributed by atoms with E-state index >= 15 is 0 Å². The number of halogens is 1. The van der Waals surface area contributed by atoms with E-state index in [2.05, 4.69) is 61.6 Å². The number of aromatic carboxylic acids is 1. The minimum Gasteiger partial charge on any atom is -0.478 e. The van der Waals surface area contributed by atoms with Gasteiger partial charge in [0, 0.05) is 9.37 Å². The SMILES string of the molecule is CCCC.CCNCC.O=C(O)c1ccc(Br)c(S)c1. The Morgan fingerprint density at radius 1 is 1.20 bits per heavy atom. The van der Waals surface area contributed by atoms with Crippen LogP contribution in [0.25, 0.3) is 0 Å². The first-order chi connectivity index (χ1) is 9.44. The highest BCUT2D eigenvalue weighted by Crippen LogP contribution is 2.21. The zero-order valence-electron chi connectivity index (χ0n) is 12.7. The first-order valence-electron chi connectivity index (χ1n) is 6.86. The number of unbranched alkanes of at least 4 members (excludes halogenated alkanes) is 1. The molecule has 0 aromatic heterocycles. The van der Waals surface area contributed by atoms with Gasteiger partial charge in [-0.15, -0.1) is 12.6 Å². The van der Waals surface area contributed by atoms with Gasteiger partial charge in [0.25, 0.3) is 0 Å². The average Bonchev–Trinajstić information content (AvgIpc) is 2.43. The average molecular weight is 364 g/mol. The Bertz CT molecular complexity index is 369. The van der Waals surface area contributed by atoms with Crippen LogP contribution in [-0.4, -0.2) is 24.2 Å². The molecule has 1 rings (SSSR count). The summed E-state index contributed by atoms with van der Waals surface area (Å²) < 4.78 is 0.797. The third kappa shape index (κ3) is 12.5. The summed E-state index contributed by atoms with van der Waals surface area (Å²) >= 11 is 7.26. The van der Waals surface area contributed by atoms with Crippen molar-refractivity contribution in [3.05, 3.63) is 28.2 Å². The van der Waals surface area contributed by atoms with Crippen LogP contribution in [0.2, 0.25) is 0 Å². The van der Waals surface area contributed by atoms with Crippen molar-refractivity contribution in [3.63, 3.8) is 0 Å². The first kappa shape index (κ1) is 21.8. The molecule has 116 valence electrons. The topological polar surface area (TPSA) is 49.3 Å². The van der Waals surface area contributed by atoms with E-state index in [0.29, 0.717) is 4.90 Å². The van der Waals surface area contributed by atoms with Crippen LogP contribution < -0.4 is 5.32 Å². The molecule has 3 nitrogen and oxygen atoms in total. The summed E-state index contributed by atoms with van der Waals surface area (Å²) in [4.78, 5) is 11.0. The van der Waals surface area contributed by atoms with Gasteiger partial charge in [-0.2, -0.15) is 0 Å². The largest absolute Gasteiger partial charge is 0.478 e. The van der Waals surface area contributed by atoms with E-state index in [9.17, 15) is 4.79 Å². The summed E-state index contributed by atoms with van der Waals surface area (Å²) in [5.74, 6) is -0.937. The van der Waals surface area contributed by atoms with Crippen molar-refractivity contribution in [2.45, 2.75) is 45.4 Å². The molecule has 0 saturated heterocycles. The van der Waals surface area contributed by atoms with Crippen LogP contribution in [0.4, 0.5) is 0 Å². The highest BCUT2D eigenvalue weighted by molar-refractivity contribution is 9.10. The summed E-state index contributed by atoms with van der Waals surface area (Å²) in [5, 5.41) is 11.7. The van der Waals surface area contributed by atoms with Crippen LogP contribution in [0.3, 0.4) is 0 Å². The molecule has 0 saturated carbocycles. The van der Waals surface area contributed by atoms with Gasteiger partial charge in [0.05, 0.1) is 5.56 Å². The second kappa shape index (κ2) is 14.9. The summed E-state index contributed by atoms with van der Waals surface area (Å²) in [6.45, 7) is 10.8. The lowest BCUT2D eigenvalue weighted by molar-refractivity contribution is 0.0696. The van der Waals surface area contributed by atoms with Crippen LogP contribution in [0.15, 0.2) is 27.6 Å². The number of hydrogen-bond donors (Lipinski definition) is 3. The van der Waals surface area contributed by atoms with E-state index in [0.717, 1.165) is 17.6 Å². The minimum absolute atomic E-state index is 0.248. The van der Waals surface area contributed by atoms with E-state index < -0.39 is 5.97 Å². The number of thiol groups is 1. The summed E-state index contributed by atoms with van der Waals surface area (Å²) in [5.41, 5.74) is 0.248. The van der Waals surface area contributed by atoms with Crippen molar-refractivity contribution >= 4 is 34.5 Å². The number of carbonyl (C=O) groups is 1. The highest BCUT2D eigenvalue weighted by Gasteiger charge is 2.03. The molecular weight excluding hydrogens is 338 g/mol. The molecule has 1 aromatic carbocycles. The Kier molecular flexibility index (Phi) is 16.2. The van der Waals surface area contributed by atoms with Gasteiger partial charge in [0.1, 0.15) is 0 Å². The van der Waals surface area contributed by atoms with Gasteiger partial charge < -0.3 is 10.4 Å². The molecule has 0 amide bonds. The highest BCUT2D eigenvalue weighted by atomic mass is 79.9. The van der Waals surface area contributed by atoms with E-state index in [1.54, 1.807) is 6.07 Å². The Morgan fingerprint density at radius 3 is 1.95 bits per heavy atom. The summed E-state index contributed by atoms with van der Waals surface area (Å²) in [6.07, 6.45) is 2.64. The molecule has 0 radical (unpaired) electrons. The van der Waals surface area contributed by atoms with Gasteiger partial charge >= 0.3 is 5.97 Å². The number of carboxylic acids is 1. The normalized spacial score (nSPS) is 8.90. The van der Waals surface area contributed by atoms with Gasteiger partial charge in [-0.3, -0.25) is 0 Å². The minimum atomic E-state index is -0.937. The Balaban J connectivity index is 0. The summed E-state index contributed by atoms with van der Waals surface area (Å²) in [6, 6.07) is 4.67. The molecule has 2 N–H and O–H groups in total. The number of rotatable bonds is 4. The number of carboxylic acid groups (broad SMARTS) is 1. The van der Waals surface area contributed by atoms with E-state index in [1.807, 2.05) is 0 Å². The summed E-state index contributed by atoms with van der Waals surface area (Å²) in [7, 11) is 0. The first-order valence-corrected chi connectivity index (χ1v) is 8.10. The van der Waals surface area contributed by atoms with Gasteiger partial charge in [-0.25, -0.2) is 4.79 Å². The van der Waals surface area contributed by atoms with Gasteiger partial charge in [0.15, 0.2) is 0 Å². The van der Waals surface area contributed by atoms with Crippen molar-refractivity contribution in [2.24, 2.45) is 0 Å². The zero-order valence-corrected chi connectivity index (χ0v) is 15.2. The monoisotopic (exact) mass is 363 g/mol. The predicted octanol–water partition coefficient (Wildman–Crippen LogP) is 4.86. The Labute approximate surface area is 136 Å². The van der Waals surface area contributed by atoms with Crippen molar-refractivity contribution in [1.29, 1.82) is 0 Å². The third-order valence-electron chi connectivity index (χ3n) is 2.19. The molecule has 0 aliphatic carbocycles. The molecule has 0 unspecified atom stereocenters. The lowest BCUT2D eigenvalue weighted by atomic mass is 10.2. The molecular formula is C15H26BrNO2S. The molecule has 0 atom stereocenters. The molecule has 0 spiro atoms. The van der Waals surface area contributed by atoms with E-state index in [-0.39, 0.29) is 5.56 Å². The smallest absolute Gasteiger partial charge is 0.335 e. The van der Waals surface area contributed by atoms with Gasteiger partial charge in [-0.1, -0.05) is 40.5 Å². The Hall–Kier alpha value is -0.520. The third-order valence-corrected chi connectivity index (χ3v) is 3.56. The van der Waals surface area contributed by atoms with E-state index in [4.69, 9.17) is 5.11 Å². The predicted molar refractivity (Wildman–Crippen MR) is 93.2 cm³/mol. The van der Waals surface area contributed by atoms with Crippen LogP contribution >= 0.6 is 28.6 Å². The van der Waals surface area contributed by atoms with Crippen LogP contribution in [0.1, 0.15) is 50.9 Å². The maximum Gasteiger partial charge on any atom is 0.335 e. The second-order valence-electron chi connectivity index (χ2n) is 3.93. The molecule has 0 heterocycles. The molecule has 20 heavy (non-hydrogen) atoms. The van der Waals surface area contributed by atoms with Crippen LogP contribution in [-0.2, 0) is 0 Å². The number of benzene rings is 1. The fourth-order valence-electron chi connectivity index (χ4n) is 0.896.